The van der Waals surface area contributed by atoms with Crippen LogP contribution < -0.4 is 5.32 Å². The van der Waals surface area contributed by atoms with Gasteiger partial charge in [-0.3, -0.25) is 9.59 Å². The first kappa shape index (κ1) is 14.0. The minimum atomic E-state index is -0.390. The SMILES string of the molecule is Cc1csc(CCN2CC(=O)NC(C(C)C)C2=O)n1. The molecular formula is C13H19N3O2S. The van der Waals surface area contributed by atoms with E-state index in [4.69, 9.17) is 0 Å². The van der Waals surface area contributed by atoms with Crippen molar-refractivity contribution in [2.24, 2.45) is 5.92 Å². The van der Waals surface area contributed by atoms with Crippen LogP contribution in [0.2, 0.25) is 0 Å². The predicted octanol–water partition coefficient (Wildman–Crippen LogP) is 0.977. The third kappa shape index (κ3) is 3.32. The van der Waals surface area contributed by atoms with Gasteiger partial charge in [0.1, 0.15) is 6.04 Å². The third-order valence-corrected chi connectivity index (χ3v) is 4.18. The molecule has 1 aliphatic heterocycles. The number of aromatic nitrogens is 1. The molecule has 104 valence electrons. The number of amides is 2. The van der Waals surface area contributed by atoms with Crippen LogP contribution in [0, 0.1) is 12.8 Å². The number of hydrogen-bond donors (Lipinski definition) is 1. The lowest BCUT2D eigenvalue weighted by atomic mass is 10.0. The molecule has 1 aromatic heterocycles. The number of thiazole rings is 1. The Hall–Kier alpha value is -1.43. The Morgan fingerprint density at radius 3 is 2.84 bits per heavy atom. The Morgan fingerprint density at radius 2 is 2.26 bits per heavy atom. The summed E-state index contributed by atoms with van der Waals surface area (Å²) in [7, 11) is 0. The van der Waals surface area contributed by atoms with E-state index < -0.39 is 0 Å². The highest BCUT2D eigenvalue weighted by Crippen LogP contribution is 2.13. The molecule has 5 nitrogen and oxygen atoms in total. The van der Waals surface area contributed by atoms with E-state index in [2.05, 4.69) is 10.3 Å². The van der Waals surface area contributed by atoms with Gasteiger partial charge in [0.05, 0.1) is 11.6 Å². The summed E-state index contributed by atoms with van der Waals surface area (Å²) in [5.41, 5.74) is 1.00. The van der Waals surface area contributed by atoms with Crippen LogP contribution in [-0.2, 0) is 16.0 Å². The van der Waals surface area contributed by atoms with Gasteiger partial charge >= 0.3 is 0 Å². The van der Waals surface area contributed by atoms with Crippen molar-refractivity contribution in [3.8, 4) is 0 Å². The predicted molar refractivity (Wildman–Crippen MR) is 73.9 cm³/mol. The highest BCUT2D eigenvalue weighted by atomic mass is 32.1. The van der Waals surface area contributed by atoms with Crippen LogP contribution in [0.5, 0.6) is 0 Å². The first-order valence-electron chi connectivity index (χ1n) is 6.46. The molecule has 0 aliphatic carbocycles. The number of nitrogens with one attached hydrogen (secondary N) is 1. The van der Waals surface area contributed by atoms with Crippen LogP contribution in [0.1, 0.15) is 24.5 Å². The molecule has 1 atom stereocenters. The molecule has 1 fully saturated rings. The molecule has 1 unspecified atom stereocenters. The van der Waals surface area contributed by atoms with Crippen molar-refractivity contribution in [3.63, 3.8) is 0 Å². The average molecular weight is 281 g/mol. The first-order chi connectivity index (χ1) is 8.97. The standard InChI is InChI=1S/C13H19N3O2S/c1-8(2)12-13(18)16(6-10(17)15-12)5-4-11-14-9(3)7-19-11/h7-8,12H,4-6H2,1-3H3,(H,15,17). The lowest BCUT2D eigenvalue weighted by molar-refractivity contribution is -0.145. The number of rotatable bonds is 4. The summed E-state index contributed by atoms with van der Waals surface area (Å²) < 4.78 is 0. The molecule has 6 heteroatoms. The third-order valence-electron chi connectivity index (χ3n) is 3.16. The number of carbonyl (C=O) groups is 2. The summed E-state index contributed by atoms with van der Waals surface area (Å²) in [6.07, 6.45) is 0.711. The van der Waals surface area contributed by atoms with Crippen molar-refractivity contribution in [3.05, 3.63) is 16.1 Å². The molecule has 2 heterocycles. The molecule has 1 aromatic rings. The zero-order chi connectivity index (χ0) is 14.0. The van der Waals surface area contributed by atoms with E-state index in [0.29, 0.717) is 13.0 Å². The first-order valence-corrected chi connectivity index (χ1v) is 7.34. The second kappa shape index (κ2) is 5.69. The van der Waals surface area contributed by atoms with Crippen LogP contribution in [0.25, 0.3) is 0 Å². The molecule has 19 heavy (non-hydrogen) atoms. The number of hydrogen-bond acceptors (Lipinski definition) is 4. The molecule has 0 radical (unpaired) electrons. The minimum Gasteiger partial charge on any atom is -0.343 e. The van der Waals surface area contributed by atoms with Gasteiger partial charge in [0.2, 0.25) is 11.8 Å². The van der Waals surface area contributed by atoms with Crippen LogP contribution >= 0.6 is 11.3 Å². The van der Waals surface area contributed by atoms with E-state index in [1.807, 2.05) is 26.2 Å². The van der Waals surface area contributed by atoms with Crippen molar-refractivity contribution in [2.75, 3.05) is 13.1 Å². The molecule has 0 spiro atoms. The van der Waals surface area contributed by atoms with Gasteiger partial charge in [0.25, 0.3) is 0 Å². The lowest BCUT2D eigenvalue weighted by Crippen LogP contribution is -2.60. The van der Waals surface area contributed by atoms with Gasteiger partial charge in [0.15, 0.2) is 0 Å². The fourth-order valence-electron chi connectivity index (χ4n) is 2.12. The largest absolute Gasteiger partial charge is 0.343 e. The van der Waals surface area contributed by atoms with E-state index in [1.54, 1.807) is 16.2 Å². The normalized spacial score (nSPS) is 20.0. The van der Waals surface area contributed by atoms with Gasteiger partial charge in [-0.1, -0.05) is 13.8 Å². The van der Waals surface area contributed by atoms with Crippen LogP contribution in [0.3, 0.4) is 0 Å². The number of carbonyl (C=O) groups excluding carboxylic acids is 2. The van der Waals surface area contributed by atoms with E-state index in [-0.39, 0.29) is 30.3 Å². The van der Waals surface area contributed by atoms with Crippen LogP contribution in [-0.4, -0.2) is 40.8 Å². The maximum absolute atomic E-state index is 12.2. The smallest absolute Gasteiger partial charge is 0.245 e. The topological polar surface area (TPSA) is 62.3 Å². The van der Waals surface area contributed by atoms with E-state index >= 15 is 0 Å². The van der Waals surface area contributed by atoms with Gasteiger partial charge < -0.3 is 10.2 Å². The Bertz CT molecular complexity index is 484. The average Bonchev–Trinajstić information content (AvgIpc) is 2.75. The Balaban J connectivity index is 1.98. The lowest BCUT2D eigenvalue weighted by Gasteiger charge is -2.34. The van der Waals surface area contributed by atoms with Crippen LogP contribution in [0.15, 0.2) is 5.38 Å². The fraction of sp³-hybridized carbons (Fsp3) is 0.615. The van der Waals surface area contributed by atoms with Gasteiger partial charge in [-0.05, 0) is 12.8 Å². The fourth-order valence-corrected chi connectivity index (χ4v) is 2.88. The highest BCUT2D eigenvalue weighted by Gasteiger charge is 2.34. The number of piperazine rings is 1. The van der Waals surface area contributed by atoms with E-state index in [9.17, 15) is 9.59 Å². The summed E-state index contributed by atoms with van der Waals surface area (Å²) in [5.74, 6) is 0.0536. The summed E-state index contributed by atoms with van der Waals surface area (Å²) in [6, 6.07) is -0.390. The molecule has 1 aliphatic rings. The molecule has 1 N–H and O–H groups in total. The van der Waals surface area contributed by atoms with E-state index in [0.717, 1.165) is 10.7 Å². The van der Waals surface area contributed by atoms with Gasteiger partial charge in [-0.15, -0.1) is 11.3 Å². The quantitative estimate of drug-likeness (QED) is 0.895. The Morgan fingerprint density at radius 1 is 1.53 bits per heavy atom. The molecule has 2 amide bonds. The monoisotopic (exact) mass is 281 g/mol. The molecule has 0 bridgehead atoms. The number of nitrogens with zero attached hydrogens (tertiary/aromatic N) is 2. The summed E-state index contributed by atoms with van der Waals surface area (Å²) >= 11 is 1.60. The van der Waals surface area contributed by atoms with Gasteiger partial charge in [-0.25, -0.2) is 4.98 Å². The highest BCUT2D eigenvalue weighted by molar-refractivity contribution is 7.09. The van der Waals surface area contributed by atoms with E-state index in [1.165, 1.54) is 0 Å². The summed E-state index contributed by atoms with van der Waals surface area (Å²) in [6.45, 7) is 6.55. The summed E-state index contributed by atoms with van der Waals surface area (Å²) in [4.78, 5) is 29.9. The second-order valence-corrected chi connectivity index (χ2v) is 6.12. The second-order valence-electron chi connectivity index (χ2n) is 5.18. The van der Waals surface area contributed by atoms with Crippen LogP contribution in [0.4, 0.5) is 0 Å². The maximum atomic E-state index is 12.2. The molecular weight excluding hydrogens is 262 g/mol. The Labute approximate surface area is 117 Å². The Kier molecular flexibility index (Phi) is 4.19. The zero-order valence-corrected chi connectivity index (χ0v) is 12.3. The minimum absolute atomic E-state index is 0.0166. The summed E-state index contributed by atoms with van der Waals surface area (Å²) in [5, 5.41) is 5.76. The van der Waals surface area contributed by atoms with Crippen molar-refractivity contribution in [1.82, 2.24) is 15.2 Å². The number of aryl methyl sites for hydroxylation is 1. The van der Waals surface area contributed by atoms with Crippen molar-refractivity contribution < 1.29 is 9.59 Å². The van der Waals surface area contributed by atoms with Crippen molar-refractivity contribution in [2.45, 2.75) is 33.2 Å². The molecule has 1 saturated heterocycles. The maximum Gasteiger partial charge on any atom is 0.245 e. The van der Waals surface area contributed by atoms with Gasteiger partial charge in [0, 0.05) is 24.0 Å². The zero-order valence-electron chi connectivity index (χ0n) is 11.5. The van der Waals surface area contributed by atoms with Crippen molar-refractivity contribution >= 4 is 23.2 Å². The van der Waals surface area contributed by atoms with Crippen molar-refractivity contribution in [1.29, 1.82) is 0 Å². The molecule has 0 saturated carbocycles. The van der Waals surface area contributed by atoms with Gasteiger partial charge in [-0.2, -0.15) is 0 Å². The molecule has 2 rings (SSSR count). The molecule has 0 aromatic carbocycles.